The highest BCUT2D eigenvalue weighted by molar-refractivity contribution is 6.07. The van der Waals surface area contributed by atoms with Crippen molar-refractivity contribution in [2.45, 2.75) is 33.2 Å². The molecule has 2 rings (SSSR count). The van der Waals surface area contributed by atoms with E-state index >= 15 is 0 Å². The van der Waals surface area contributed by atoms with E-state index < -0.39 is 17.9 Å². The third-order valence-electron chi connectivity index (χ3n) is 3.35. The highest BCUT2D eigenvalue weighted by Gasteiger charge is 2.22. The second-order valence-electron chi connectivity index (χ2n) is 4.99. The molecule has 1 unspecified atom stereocenters. The van der Waals surface area contributed by atoms with Gasteiger partial charge >= 0.3 is 5.97 Å². The number of carbonyl (C=O) groups is 2. The standard InChI is InChI=1S/C14H18N4O3/c1-5-10(14(20)21)16-13(19)9-6-7(2)15-12-11(9)8(3)17-18(12)4/h6,10H,5H2,1-4H3,(H,16,19)(H,20,21). The third-order valence-corrected chi connectivity index (χ3v) is 3.35. The van der Waals surface area contributed by atoms with Crippen LogP contribution < -0.4 is 5.32 Å². The summed E-state index contributed by atoms with van der Waals surface area (Å²) in [5.74, 6) is -1.47. The number of nitrogens with one attached hydrogen (secondary N) is 1. The fraction of sp³-hybridized carbons (Fsp3) is 0.429. The first-order valence-electron chi connectivity index (χ1n) is 6.69. The maximum Gasteiger partial charge on any atom is 0.326 e. The SMILES string of the molecule is CCC(NC(=O)c1cc(C)nc2c1c(C)nn2C)C(=O)O. The van der Waals surface area contributed by atoms with Crippen LogP contribution in [-0.4, -0.2) is 37.8 Å². The summed E-state index contributed by atoms with van der Waals surface area (Å²) in [6, 6.07) is 0.749. The Bertz CT molecular complexity index is 721. The predicted octanol–water partition coefficient (Wildman–Crippen LogP) is 1.18. The Balaban J connectivity index is 2.50. The highest BCUT2D eigenvalue weighted by Crippen LogP contribution is 2.21. The van der Waals surface area contributed by atoms with Crippen molar-refractivity contribution in [2.24, 2.45) is 7.05 Å². The molecule has 0 fully saturated rings. The van der Waals surface area contributed by atoms with E-state index in [0.717, 1.165) is 0 Å². The molecule has 0 bridgehead atoms. The van der Waals surface area contributed by atoms with Crippen LogP contribution >= 0.6 is 0 Å². The Labute approximate surface area is 122 Å². The quantitative estimate of drug-likeness (QED) is 0.881. The maximum absolute atomic E-state index is 12.4. The largest absolute Gasteiger partial charge is 0.480 e. The average molecular weight is 290 g/mol. The molecule has 2 heterocycles. The molecule has 2 aromatic heterocycles. The van der Waals surface area contributed by atoms with Crippen molar-refractivity contribution >= 4 is 22.9 Å². The van der Waals surface area contributed by atoms with Crippen LogP contribution in [0.5, 0.6) is 0 Å². The van der Waals surface area contributed by atoms with Gasteiger partial charge in [0.25, 0.3) is 5.91 Å². The minimum Gasteiger partial charge on any atom is -0.480 e. The van der Waals surface area contributed by atoms with Crippen LogP contribution in [0.2, 0.25) is 0 Å². The Hall–Kier alpha value is -2.44. The summed E-state index contributed by atoms with van der Waals surface area (Å²) < 4.78 is 1.61. The molecule has 0 spiro atoms. The molecule has 7 heteroatoms. The lowest BCUT2D eigenvalue weighted by Gasteiger charge is -2.13. The number of pyridine rings is 1. The normalized spacial score (nSPS) is 12.4. The number of aryl methyl sites for hydroxylation is 3. The number of hydrogen-bond acceptors (Lipinski definition) is 4. The van der Waals surface area contributed by atoms with E-state index in [4.69, 9.17) is 5.11 Å². The van der Waals surface area contributed by atoms with Gasteiger partial charge in [-0.2, -0.15) is 5.10 Å². The van der Waals surface area contributed by atoms with E-state index in [9.17, 15) is 9.59 Å². The van der Waals surface area contributed by atoms with Crippen molar-refractivity contribution in [3.05, 3.63) is 23.0 Å². The minimum atomic E-state index is -1.05. The highest BCUT2D eigenvalue weighted by atomic mass is 16.4. The topological polar surface area (TPSA) is 97.1 Å². The lowest BCUT2D eigenvalue weighted by atomic mass is 10.1. The van der Waals surface area contributed by atoms with Crippen LogP contribution in [0.3, 0.4) is 0 Å². The first kappa shape index (κ1) is 15.0. The smallest absolute Gasteiger partial charge is 0.326 e. The van der Waals surface area contributed by atoms with E-state index in [1.54, 1.807) is 38.6 Å². The molecule has 0 radical (unpaired) electrons. The number of carbonyl (C=O) groups excluding carboxylic acids is 1. The molecule has 1 amide bonds. The number of nitrogens with zero attached hydrogens (tertiary/aromatic N) is 3. The van der Waals surface area contributed by atoms with Gasteiger partial charge in [-0.3, -0.25) is 9.48 Å². The van der Waals surface area contributed by atoms with Crippen LogP contribution in [0.4, 0.5) is 0 Å². The minimum absolute atomic E-state index is 0.320. The number of rotatable bonds is 4. The van der Waals surface area contributed by atoms with E-state index in [0.29, 0.717) is 34.4 Å². The molecule has 21 heavy (non-hydrogen) atoms. The number of aliphatic carboxylic acids is 1. The molecular formula is C14H18N4O3. The monoisotopic (exact) mass is 290 g/mol. The second-order valence-corrected chi connectivity index (χ2v) is 4.99. The Morgan fingerprint density at radius 1 is 1.43 bits per heavy atom. The van der Waals surface area contributed by atoms with Crippen molar-refractivity contribution in [3.63, 3.8) is 0 Å². The van der Waals surface area contributed by atoms with Gasteiger partial charge in [-0.1, -0.05) is 6.92 Å². The number of aromatic nitrogens is 3. The molecular weight excluding hydrogens is 272 g/mol. The van der Waals surface area contributed by atoms with Crippen LogP contribution in [0.1, 0.15) is 35.1 Å². The van der Waals surface area contributed by atoms with Gasteiger partial charge in [0.05, 0.1) is 16.6 Å². The zero-order valence-corrected chi connectivity index (χ0v) is 12.5. The average Bonchev–Trinajstić information content (AvgIpc) is 2.69. The number of hydrogen-bond donors (Lipinski definition) is 2. The zero-order valence-electron chi connectivity index (χ0n) is 12.5. The van der Waals surface area contributed by atoms with Gasteiger partial charge in [0, 0.05) is 12.7 Å². The van der Waals surface area contributed by atoms with Crippen LogP contribution in [0.15, 0.2) is 6.07 Å². The van der Waals surface area contributed by atoms with Crippen LogP contribution in [0.25, 0.3) is 11.0 Å². The lowest BCUT2D eigenvalue weighted by molar-refractivity contribution is -0.139. The number of carboxylic acids is 1. The van der Waals surface area contributed by atoms with Crippen molar-refractivity contribution in [1.29, 1.82) is 0 Å². The van der Waals surface area contributed by atoms with E-state index in [-0.39, 0.29) is 0 Å². The molecule has 1 atom stereocenters. The molecule has 2 aromatic rings. The van der Waals surface area contributed by atoms with Crippen molar-refractivity contribution in [1.82, 2.24) is 20.1 Å². The van der Waals surface area contributed by atoms with Crippen molar-refractivity contribution in [3.8, 4) is 0 Å². The van der Waals surface area contributed by atoms with Crippen molar-refractivity contribution < 1.29 is 14.7 Å². The lowest BCUT2D eigenvalue weighted by Crippen LogP contribution is -2.40. The third kappa shape index (κ3) is 2.72. The van der Waals surface area contributed by atoms with Gasteiger partial charge in [-0.15, -0.1) is 0 Å². The van der Waals surface area contributed by atoms with E-state index in [2.05, 4.69) is 15.4 Å². The summed E-state index contributed by atoms with van der Waals surface area (Å²) in [6.45, 7) is 5.29. The fourth-order valence-corrected chi connectivity index (χ4v) is 2.32. The predicted molar refractivity (Wildman–Crippen MR) is 77.2 cm³/mol. The molecule has 2 N–H and O–H groups in total. The first-order chi connectivity index (χ1) is 9.85. The summed E-state index contributed by atoms with van der Waals surface area (Å²) in [7, 11) is 1.76. The molecule has 7 nitrogen and oxygen atoms in total. The van der Waals surface area contributed by atoms with Gasteiger partial charge in [0.1, 0.15) is 6.04 Å². The summed E-state index contributed by atoms with van der Waals surface area (Å²) in [5.41, 5.74) is 2.39. The van der Waals surface area contributed by atoms with Crippen LogP contribution in [0, 0.1) is 13.8 Å². The van der Waals surface area contributed by atoms with Gasteiger partial charge in [-0.25, -0.2) is 9.78 Å². The Kier molecular flexibility index (Phi) is 3.93. The molecule has 0 aliphatic rings. The molecule has 0 aliphatic carbocycles. The van der Waals surface area contributed by atoms with E-state index in [1.165, 1.54) is 0 Å². The fourth-order valence-electron chi connectivity index (χ4n) is 2.32. The Morgan fingerprint density at radius 3 is 2.67 bits per heavy atom. The molecule has 0 aromatic carbocycles. The zero-order chi connectivity index (χ0) is 15.7. The summed E-state index contributed by atoms with van der Waals surface area (Å²) >= 11 is 0. The Morgan fingerprint density at radius 2 is 2.10 bits per heavy atom. The van der Waals surface area contributed by atoms with Gasteiger partial charge in [0.2, 0.25) is 0 Å². The first-order valence-corrected chi connectivity index (χ1v) is 6.69. The van der Waals surface area contributed by atoms with Crippen LogP contribution in [-0.2, 0) is 11.8 Å². The number of carboxylic acid groups (broad SMARTS) is 1. The molecule has 112 valence electrons. The van der Waals surface area contributed by atoms with Gasteiger partial charge < -0.3 is 10.4 Å². The van der Waals surface area contributed by atoms with Gasteiger partial charge in [-0.05, 0) is 26.3 Å². The number of fused-ring (bicyclic) bond motifs is 1. The van der Waals surface area contributed by atoms with E-state index in [1.807, 2.05) is 0 Å². The summed E-state index contributed by atoms with van der Waals surface area (Å²) in [5, 5.41) is 16.5. The molecule has 0 saturated heterocycles. The second kappa shape index (κ2) is 5.51. The summed E-state index contributed by atoms with van der Waals surface area (Å²) in [4.78, 5) is 27.8. The number of amides is 1. The maximum atomic E-state index is 12.4. The van der Waals surface area contributed by atoms with Crippen molar-refractivity contribution in [2.75, 3.05) is 0 Å². The molecule has 0 saturated carbocycles. The van der Waals surface area contributed by atoms with Gasteiger partial charge in [0.15, 0.2) is 5.65 Å². The summed E-state index contributed by atoms with van der Waals surface area (Å²) in [6.07, 6.45) is 0.320. The molecule has 0 aliphatic heterocycles.